The molecule has 0 fully saturated rings. The van der Waals surface area contributed by atoms with Crippen LogP contribution in [-0.4, -0.2) is 88.2 Å². The zero-order valence-corrected chi connectivity index (χ0v) is 43.4. The summed E-state index contributed by atoms with van der Waals surface area (Å²) in [5.41, 5.74) is 27.0. The molecule has 3 heterocycles. The molecule has 0 radical (unpaired) electrons. The zero-order chi connectivity index (χ0) is 55.3. The largest absolute Gasteiger partial charge is 0.361 e. The standard InChI is InChI=1S/C61H64N12O6/c62-28-25-52(71-55(74)31-40-34-65-49-10-4-1-7-46(40)49)59(77)68-43-19-13-37(14-20-43)58(38-15-21-44(22-16-38)69-60(78)53(26-29-63)72-56(75)32-41-35-66-50-11-5-2-8-47(41)50)39-17-23-45(24-18-39)70-61(79)54(27-30-64)73-57(76)33-42-36-67-51-12-6-3-9-48(42)51/h1-24,34-36,52-54,58,65-67H,25-33,62-64H2,(H,68,77)(H,69,78)(H,70,79)(H,71,74)(H,72,75)(H,73,76)/t52-,53-,54-/m0/s1. The molecule has 404 valence electrons. The number of carbonyl (C=O) groups is 6. The minimum Gasteiger partial charge on any atom is -0.361 e. The van der Waals surface area contributed by atoms with E-state index >= 15 is 0 Å². The first-order valence-electron chi connectivity index (χ1n) is 26.3. The van der Waals surface area contributed by atoms with Crippen LogP contribution >= 0.6 is 0 Å². The molecule has 79 heavy (non-hydrogen) atoms. The number of amides is 6. The van der Waals surface area contributed by atoms with Crippen LogP contribution in [0, 0.1) is 0 Å². The summed E-state index contributed by atoms with van der Waals surface area (Å²) in [7, 11) is 0. The van der Waals surface area contributed by atoms with Crippen molar-refractivity contribution in [2.45, 2.75) is 62.6 Å². The first-order valence-corrected chi connectivity index (χ1v) is 26.3. The van der Waals surface area contributed by atoms with Gasteiger partial charge in [0.1, 0.15) is 18.1 Å². The van der Waals surface area contributed by atoms with E-state index in [1.54, 1.807) is 55.0 Å². The van der Waals surface area contributed by atoms with Crippen LogP contribution in [0.3, 0.4) is 0 Å². The second-order valence-corrected chi connectivity index (χ2v) is 19.5. The Bertz CT molecular complexity index is 3210. The SMILES string of the molecule is NCC[C@H](NC(=O)Cc1c[nH]c2ccccc12)C(=O)Nc1ccc(C(c2ccc(NC(=O)[C@H](CCN)NC(=O)Cc3c[nH]c4ccccc34)cc2)c2ccc(NC(=O)[C@H](CCN)NC(=O)Cc3c[nH]c4ccccc34)cc2)cc1. The normalized spacial score (nSPS) is 12.5. The minimum atomic E-state index is -0.882. The van der Waals surface area contributed by atoms with E-state index in [0.29, 0.717) is 17.1 Å². The van der Waals surface area contributed by atoms with Crippen molar-refractivity contribution in [1.29, 1.82) is 0 Å². The number of benzene rings is 6. The summed E-state index contributed by atoms with van der Waals surface area (Å²) in [6.07, 6.45) is 6.29. The Morgan fingerprint density at radius 1 is 0.367 bits per heavy atom. The smallest absolute Gasteiger partial charge is 0.246 e. The van der Waals surface area contributed by atoms with Crippen LogP contribution < -0.4 is 49.1 Å². The van der Waals surface area contributed by atoms with Gasteiger partial charge in [-0.25, -0.2) is 0 Å². The summed E-state index contributed by atoms with van der Waals surface area (Å²) >= 11 is 0. The van der Waals surface area contributed by atoms with Gasteiger partial charge in [-0.1, -0.05) is 91.0 Å². The third-order valence-corrected chi connectivity index (χ3v) is 13.9. The van der Waals surface area contributed by atoms with E-state index in [-0.39, 0.29) is 75.9 Å². The molecule has 0 bridgehead atoms. The molecule has 0 aliphatic rings. The molecule has 0 unspecified atom stereocenters. The van der Waals surface area contributed by atoms with Crippen molar-refractivity contribution in [2.24, 2.45) is 17.2 Å². The average Bonchev–Trinajstić information content (AvgIpc) is 4.23. The molecule has 0 aliphatic carbocycles. The van der Waals surface area contributed by atoms with Crippen molar-refractivity contribution in [1.82, 2.24) is 30.9 Å². The van der Waals surface area contributed by atoms with Gasteiger partial charge in [0, 0.05) is 74.3 Å². The van der Waals surface area contributed by atoms with Crippen molar-refractivity contribution in [2.75, 3.05) is 35.6 Å². The van der Waals surface area contributed by atoms with Crippen LogP contribution in [0.25, 0.3) is 32.7 Å². The molecule has 6 amide bonds. The maximum absolute atomic E-state index is 13.7. The molecular formula is C61H64N12O6. The van der Waals surface area contributed by atoms with Crippen molar-refractivity contribution < 1.29 is 28.8 Å². The van der Waals surface area contributed by atoms with Gasteiger partial charge in [-0.2, -0.15) is 0 Å². The zero-order valence-electron chi connectivity index (χ0n) is 43.4. The van der Waals surface area contributed by atoms with Crippen LogP contribution in [0.2, 0.25) is 0 Å². The van der Waals surface area contributed by atoms with Gasteiger partial charge in [-0.3, -0.25) is 28.8 Å². The van der Waals surface area contributed by atoms with Gasteiger partial charge in [-0.05, 0) is 127 Å². The van der Waals surface area contributed by atoms with Gasteiger partial charge >= 0.3 is 0 Å². The van der Waals surface area contributed by atoms with E-state index in [4.69, 9.17) is 17.2 Å². The number of nitrogens with one attached hydrogen (secondary N) is 9. The Kier molecular flexibility index (Phi) is 17.7. The quantitative estimate of drug-likeness (QED) is 0.0300. The van der Waals surface area contributed by atoms with Crippen LogP contribution in [0.4, 0.5) is 17.1 Å². The lowest BCUT2D eigenvalue weighted by Gasteiger charge is -2.22. The Balaban J connectivity index is 0.902. The predicted octanol–water partition coefficient (Wildman–Crippen LogP) is 6.36. The molecule has 15 N–H and O–H groups in total. The molecule has 0 saturated heterocycles. The number of carbonyl (C=O) groups excluding carboxylic acids is 6. The Morgan fingerprint density at radius 3 is 0.899 bits per heavy atom. The average molecular weight is 1060 g/mol. The number of fused-ring (bicyclic) bond motifs is 3. The topological polar surface area (TPSA) is 300 Å². The van der Waals surface area contributed by atoms with Crippen LogP contribution in [0.5, 0.6) is 0 Å². The predicted molar refractivity (Wildman–Crippen MR) is 309 cm³/mol. The first-order chi connectivity index (χ1) is 38.5. The number of anilines is 3. The highest BCUT2D eigenvalue weighted by Gasteiger charge is 2.26. The van der Waals surface area contributed by atoms with Gasteiger partial charge in [0.25, 0.3) is 0 Å². The highest BCUT2D eigenvalue weighted by molar-refractivity contribution is 6.00. The van der Waals surface area contributed by atoms with Crippen molar-refractivity contribution in [3.8, 4) is 0 Å². The lowest BCUT2D eigenvalue weighted by Crippen LogP contribution is -2.45. The maximum Gasteiger partial charge on any atom is 0.246 e. The van der Waals surface area contributed by atoms with E-state index in [2.05, 4.69) is 46.9 Å². The lowest BCUT2D eigenvalue weighted by atomic mass is 9.85. The van der Waals surface area contributed by atoms with Gasteiger partial charge in [0.05, 0.1) is 19.3 Å². The van der Waals surface area contributed by atoms with Crippen molar-refractivity contribution >= 4 is 85.2 Å². The van der Waals surface area contributed by atoms with Gasteiger partial charge in [0.15, 0.2) is 0 Å². The molecule has 3 atom stereocenters. The molecule has 6 aromatic carbocycles. The fraction of sp³-hybridized carbons (Fsp3) is 0.213. The van der Waals surface area contributed by atoms with E-state index < -0.39 is 41.8 Å². The van der Waals surface area contributed by atoms with E-state index in [0.717, 1.165) is 66.1 Å². The monoisotopic (exact) mass is 1060 g/mol. The summed E-state index contributed by atoms with van der Waals surface area (Å²) in [5, 5.41) is 20.2. The Morgan fingerprint density at radius 2 is 0.633 bits per heavy atom. The maximum atomic E-state index is 13.7. The fourth-order valence-electron chi connectivity index (χ4n) is 9.94. The number of aromatic amines is 3. The third kappa shape index (κ3) is 13.6. The number of aromatic nitrogens is 3. The summed E-state index contributed by atoms with van der Waals surface area (Å²) in [5.74, 6) is -2.58. The van der Waals surface area contributed by atoms with Crippen LogP contribution in [-0.2, 0) is 48.0 Å². The number of hydrogen-bond donors (Lipinski definition) is 12. The second kappa shape index (κ2) is 25.7. The van der Waals surface area contributed by atoms with Gasteiger partial charge in [0.2, 0.25) is 35.4 Å². The summed E-state index contributed by atoms with van der Waals surface area (Å²) in [6, 6.07) is 42.5. The number of para-hydroxylation sites is 3. The minimum absolute atomic E-state index is 0.0788. The molecule has 0 spiro atoms. The van der Waals surface area contributed by atoms with E-state index in [1.807, 2.05) is 109 Å². The molecular weight excluding hydrogens is 997 g/mol. The molecule has 3 aromatic heterocycles. The molecule has 18 heteroatoms. The first kappa shape index (κ1) is 54.4. The summed E-state index contributed by atoms with van der Waals surface area (Å²) in [4.78, 5) is 90.4. The molecule has 0 saturated carbocycles. The van der Waals surface area contributed by atoms with Crippen molar-refractivity contribution in [3.05, 3.63) is 198 Å². The number of rotatable bonds is 24. The highest BCUT2D eigenvalue weighted by Crippen LogP contribution is 2.34. The van der Waals surface area contributed by atoms with Gasteiger partial charge in [-0.15, -0.1) is 0 Å². The number of hydrogen-bond acceptors (Lipinski definition) is 9. The summed E-state index contributed by atoms with van der Waals surface area (Å²) in [6.45, 7) is 0.517. The van der Waals surface area contributed by atoms with E-state index in [9.17, 15) is 28.8 Å². The number of nitrogens with two attached hydrogens (primary N) is 3. The molecule has 18 nitrogen and oxygen atoms in total. The summed E-state index contributed by atoms with van der Waals surface area (Å²) < 4.78 is 0. The van der Waals surface area contributed by atoms with Crippen LogP contribution in [0.15, 0.2) is 164 Å². The lowest BCUT2D eigenvalue weighted by molar-refractivity contribution is -0.126. The van der Waals surface area contributed by atoms with E-state index in [1.165, 1.54) is 0 Å². The fourth-order valence-corrected chi connectivity index (χ4v) is 9.94. The molecule has 9 aromatic rings. The van der Waals surface area contributed by atoms with Crippen molar-refractivity contribution in [3.63, 3.8) is 0 Å². The molecule has 0 aliphatic heterocycles. The number of H-pyrrole nitrogens is 3. The second-order valence-electron chi connectivity index (χ2n) is 19.5. The Hall–Kier alpha value is -9.36. The van der Waals surface area contributed by atoms with Gasteiger partial charge < -0.3 is 64.1 Å². The molecule has 9 rings (SSSR count). The third-order valence-electron chi connectivity index (χ3n) is 13.9. The Labute approximate surface area is 456 Å². The highest BCUT2D eigenvalue weighted by atomic mass is 16.2. The van der Waals surface area contributed by atoms with Crippen LogP contribution in [0.1, 0.15) is 58.6 Å².